The number of piperidine rings is 1. The summed E-state index contributed by atoms with van der Waals surface area (Å²) >= 11 is 0. The van der Waals surface area contributed by atoms with Gasteiger partial charge in [0.25, 0.3) is 0 Å². The van der Waals surface area contributed by atoms with Crippen LogP contribution in [0.15, 0.2) is 0 Å². The Bertz CT molecular complexity index is 268. The number of likely N-dealkylation sites (tertiary alicyclic amines) is 1. The van der Waals surface area contributed by atoms with Crippen LogP contribution in [0.4, 0.5) is 0 Å². The van der Waals surface area contributed by atoms with Crippen LogP contribution in [0.2, 0.25) is 0 Å². The standard InChI is InChI=1S/C13H23NO3/c1-10(2)11-6-8-14(9-7-11)12(15)4-3-5-13(16)17/h10-11H,3-9H2,1-2H3,(H,16,17). The zero-order valence-electron chi connectivity index (χ0n) is 10.8. The fourth-order valence-corrected chi connectivity index (χ4v) is 2.36. The van der Waals surface area contributed by atoms with Gasteiger partial charge in [0.2, 0.25) is 5.91 Å². The summed E-state index contributed by atoms with van der Waals surface area (Å²) in [5.41, 5.74) is 0. The van der Waals surface area contributed by atoms with E-state index in [4.69, 9.17) is 5.11 Å². The number of carbonyl (C=O) groups excluding carboxylic acids is 1. The number of rotatable bonds is 5. The molecule has 0 bridgehead atoms. The molecular formula is C13H23NO3. The summed E-state index contributed by atoms with van der Waals surface area (Å²) in [6.45, 7) is 6.15. The second-order valence-corrected chi connectivity index (χ2v) is 5.21. The van der Waals surface area contributed by atoms with Gasteiger partial charge < -0.3 is 10.0 Å². The number of hydrogen-bond donors (Lipinski definition) is 1. The van der Waals surface area contributed by atoms with Gasteiger partial charge in [-0.2, -0.15) is 0 Å². The van der Waals surface area contributed by atoms with E-state index in [2.05, 4.69) is 13.8 Å². The van der Waals surface area contributed by atoms with Crippen molar-refractivity contribution >= 4 is 11.9 Å². The molecule has 4 heteroatoms. The Morgan fingerprint density at radius 1 is 1.24 bits per heavy atom. The van der Waals surface area contributed by atoms with E-state index < -0.39 is 5.97 Å². The molecule has 1 aliphatic rings. The molecule has 1 rings (SSSR count). The van der Waals surface area contributed by atoms with Crippen LogP contribution in [0.25, 0.3) is 0 Å². The van der Waals surface area contributed by atoms with E-state index in [0.717, 1.165) is 31.8 Å². The summed E-state index contributed by atoms with van der Waals surface area (Å²) in [5.74, 6) is 0.724. The minimum Gasteiger partial charge on any atom is -0.481 e. The van der Waals surface area contributed by atoms with Crippen LogP contribution in [0.3, 0.4) is 0 Å². The highest BCUT2D eigenvalue weighted by Gasteiger charge is 2.24. The van der Waals surface area contributed by atoms with Crippen molar-refractivity contribution in [2.75, 3.05) is 13.1 Å². The topological polar surface area (TPSA) is 57.6 Å². The molecule has 0 aromatic carbocycles. The minimum atomic E-state index is -0.823. The molecule has 0 radical (unpaired) electrons. The lowest BCUT2D eigenvalue weighted by molar-refractivity contribution is -0.137. The maximum atomic E-state index is 11.8. The van der Waals surface area contributed by atoms with Crippen molar-refractivity contribution in [3.05, 3.63) is 0 Å². The van der Waals surface area contributed by atoms with Crippen molar-refractivity contribution in [3.63, 3.8) is 0 Å². The summed E-state index contributed by atoms with van der Waals surface area (Å²) in [6.07, 6.45) is 3.09. The molecular weight excluding hydrogens is 218 g/mol. The maximum absolute atomic E-state index is 11.8. The highest BCUT2D eigenvalue weighted by atomic mass is 16.4. The predicted octanol–water partition coefficient (Wildman–Crippen LogP) is 2.14. The number of aliphatic carboxylic acids is 1. The maximum Gasteiger partial charge on any atom is 0.303 e. The average molecular weight is 241 g/mol. The van der Waals surface area contributed by atoms with Crippen LogP contribution in [0.5, 0.6) is 0 Å². The van der Waals surface area contributed by atoms with Gasteiger partial charge in [-0.1, -0.05) is 13.8 Å². The quantitative estimate of drug-likeness (QED) is 0.802. The molecule has 0 saturated carbocycles. The van der Waals surface area contributed by atoms with Crippen LogP contribution in [-0.4, -0.2) is 35.0 Å². The molecule has 0 aliphatic carbocycles. The number of nitrogens with zero attached hydrogens (tertiary/aromatic N) is 1. The van der Waals surface area contributed by atoms with E-state index in [9.17, 15) is 9.59 Å². The van der Waals surface area contributed by atoms with Crippen LogP contribution < -0.4 is 0 Å². The van der Waals surface area contributed by atoms with Crippen molar-refractivity contribution in [1.29, 1.82) is 0 Å². The van der Waals surface area contributed by atoms with Gasteiger partial charge in [0.15, 0.2) is 0 Å². The predicted molar refractivity (Wildman–Crippen MR) is 65.6 cm³/mol. The molecule has 1 amide bonds. The summed E-state index contributed by atoms with van der Waals surface area (Å²) in [4.78, 5) is 24.0. The van der Waals surface area contributed by atoms with E-state index >= 15 is 0 Å². The molecule has 98 valence electrons. The third kappa shape index (κ3) is 4.75. The Balaban J connectivity index is 2.24. The lowest BCUT2D eigenvalue weighted by Crippen LogP contribution is -2.39. The molecule has 0 unspecified atom stereocenters. The van der Waals surface area contributed by atoms with Crippen molar-refractivity contribution in [2.45, 2.75) is 46.0 Å². The fourth-order valence-electron chi connectivity index (χ4n) is 2.36. The average Bonchev–Trinajstić information content (AvgIpc) is 2.28. The molecule has 17 heavy (non-hydrogen) atoms. The SMILES string of the molecule is CC(C)C1CCN(C(=O)CCCC(=O)O)CC1. The van der Waals surface area contributed by atoms with E-state index in [1.54, 1.807) is 0 Å². The zero-order chi connectivity index (χ0) is 12.8. The van der Waals surface area contributed by atoms with Crippen molar-refractivity contribution in [3.8, 4) is 0 Å². The number of carbonyl (C=O) groups is 2. The number of carboxylic acid groups (broad SMARTS) is 1. The monoisotopic (exact) mass is 241 g/mol. The van der Waals surface area contributed by atoms with Gasteiger partial charge in [-0.15, -0.1) is 0 Å². The van der Waals surface area contributed by atoms with Crippen LogP contribution in [0, 0.1) is 11.8 Å². The third-order valence-corrected chi connectivity index (χ3v) is 3.62. The van der Waals surface area contributed by atoms with Gasteiger partial charge >= 0.3 is 5.97 Å². The van der Waals surface area contributed by atoms with Gasteiger partial charge in [-0.25, -0.2) is 0 Å². The third-order valence-electron chi connectivity index (χ3n) is 3.62. The molecule has 1 heterocycles. The van der Waals surface area contributed by atoms with E-state index in [-0.39, 0.29) is 12.3 Å². The number of carboxylic acids is 1. The van der Waals surface area contributed by atoms with Gasteiger partial charge in [0.05, 0.1) is 0 Å². The smallest absolute Gasteiger partial charge is 0.303 e. The fraction of sp³-hybridized carbons (Fsp3) is 0.846. The van der Waals surface area contributed by atoms with E-state index in [1.165, 1.54) is 0 Å². The Morgan fingerprint density at radius 2 is 1.82 bits per heavy atom. The Hall–Kier alpha value is -1.06. The normalized spacial score (nSPS) is 17.5. The lowest BCUT2D eigenvalue weighted by Gasteiger charge is -2.34. The first-order valence-corrected chi connectivity index (χ1v) is 6.50. The summed E-state index contributed by atoms with van der Waals surface area (Å²) in [6, 6.07) is 0. The Morgan fingerprint density at radius 3 is 2.29 bits per heavy atom. The van der Waals surface area contributed by atoms with Gasteiger partial charge in [0, 0.05) is 25.9 Å². The Labute approximate surface area is 103 Å². The van der Waals surface area contributed by atoms with Crippen molar-refractivity contribution in [1.82, 2.24) is 4.90 Å². The second kappa shape index (κ2) is 6.62. The van der Waals surface area contributed by atoms with Gasteiger partial charge in [-0.3, -0.25) is 9.59 Å². The first-order valence-electron chi connectivity index (χ1n) is 6.50. The van der Waals surface area contributed by atoms with Gasteiger partial charge in [0.1, 0.15) is 0 Å². The van der Waals surface area contributed by atoms with Crippen LogP contribution in [0.1, 0.15) is 46.0 Å². The van der Waals surface area contributed by atoms with Crippen molar-refractivity contribution < 1.29 is 14.7 Å². The van der Waals surface area contributed by atoms with E-state index in [0.29, 0.717) is 18.8 Å². The van der Waals surface area contributed by atoms with E-state index in [1.807, 2.05) is 4.90 Å². The minimum absolute atomic E-state index is 0.0915. The summed E-state index contributed by atoms with van der Waals surface area (Å²) in [5, 5.41) is 8.51. The molecule has 0 aromatic heterocycles. The zero-order valence-corrected chi connectivity index (χ0v) is 10.8. The highest BCUT2D eigenvalue weighted by molar-refractivity contribution is 5.77. The molecule has 0 aromatic rings. The van der Waals surface area contributed by atoms with Crippen molar-refractivity contribution in [2.24, 2.45) is 11.8 Å². The number of amides is 1. The number of hydrogen-bond acceptors (Lipinski definition) is 2. The molecule has 1 saturated heterocycles. The van der Waals surface area contributed by atoms with Crippen LogP contribution >= 0.6 is 0 Å². The molecule has 1 aliphatic heterocycles. The summed E-state index contributed by atoms with van der Waals surface area (Å²) < 4.78 is 0. The molecule has 1 fully saturated rings. The second-order valence-electron chi connectivity index (χ2n) is 5.21. The molecule has 4 nitrogen and oxygen atoms in total. The lowest BCUT2D eigenvalue weighted by atomic mass is 9.86. The first kappa shape index (κ1) is 14.0. The first-order chi connectivity index (χ1) is 8.00. The molecule has 0 atom stereocenters. The Kier molecular flexibility index (Phi) is 5.45. The van der Waals surface area contributed by atoms with Gasteiger partial charge in [-0.05, 0) is 31.1 Å². The van der Waals surface area contributed by atoms with Crippen LogP contribution in [-0.2, 0) is 9.59 Å². The largest absolute Gasteiger partial charge is 0.481 e. The molecule has 1 N–H and O–H groups in total. The highest BCUT2D eigenvalue weighted by Crippen LogP contribution is 2.24. The summed E-state index contributed by atoms with van der Waals surface area (Å²) in [7, 11) is 0. The molecule has 0 spiro atoms.